The molecule has 0 aliphatic carbocycles. The summed E-state index contributed by atoms with van der Waals surface area (Å²) in [6.45, 7) is 0. The molecule has 254 valence electrons. The van der Waals surface area contributed by atoms with Crippen molar-refractivity contribution in [2.75, 3.05) is 10.6 Å². The van der Waals surface area contributed by atoms with Crippen molar-refractivity contribution in [1.29, 1.82) is 10.5 Å². The molecule has 2 amide bonds. The topological polar surface area (TPSA) is 132 Å². The number of benzene rings is 5. The van der Waals surface area contributed by atoms with Crippen molar-refractivity contribution in [1.82, 2.24) is 9.97 Å². The van der Waals surface area contributed by atoms with Crippen LogP contribution < -0.4 is 10.6 Å². The molecule has 2 heterocycles. The number of nitrogens with one attached hydrogen (secondary N) is 2. The molecule has 2 N–H and O–H groups in total. The van der Waals surface area contributed by atoms with Crippen LogP contribution in [0.15, 0.2) is 164 Å². The number of hydrogen-bond acceptors (Lipinski definition) is 6. The van der Waals surface area contributed by atoms with E-state index in [0.717, 1.165) is 33.4 Å². The van der Waals surface area contributed by atoms with Gasteiger partial charge in [-0.2, -0.15) is 10.5 Å². The number of nitriles is 2. The van der Waals surface area contributed by atoms with Gasteiger partial charge >= 0.3 is 0 Å². The molecule has 0 saturated carbocycles. The van der Waals surface area contributed by atoms with Gasteiger partial charge in [-0.05, 0) is 64.7 Å². The fourth-order valence-electron chi connectivity index (χ4n) is 5.37. The minimum absolute atomic E-state index is 0.308. The van der Waals surface area contributed by atoms with Crippen LogP contribution in [0.3, 0.4) is 0 Å². The number of anilines is 2. The summed E-state index contributed by atoms with van der Waals surface area (Å²) in [6.07, 6.45) is 6.43. The Labute approximate surface area is 311 Å². The monoisotopic (exact) mass is 708 g/mol. The van der Waals surface area contributed by atoms with Crippen molar-refractivity contribution >= 4 is 34.8 Å². The zero-order valence-electron chi connectivity index (χ0n) is 28.1. The molecule has 0 unspecified atom stereocenters. The number of halogens is 1. The Bertz CT molecular complexity index is 2480. The van der Waals surface area contributed by atoms with Crippen LogP contribution in [0, 0.1) is 22.7 Å². The minimum atomic E-state index is -0.348. The first-order valence-electron chi connectivity index (χ1n) is 16.3. The average molecular weight is 709 g/mol. The number of carbonyl (C=O) groups is 2. The van der Waals surface area contributed by atoms with Crippen LogP contribution in [-0.4, -0.2) is 21.8 Å². The summed E-state index contributed by atoms with van der Waals surface area (Å²) in [7, 11) is 0. The molecule has 53 heavy (non-hydrogen) atoms. The van der Waals surface area contributed by atoms with E-state index in [9.17, 15) is 14.9 Å². The maximum Gasteiger partial charge on any atom is 0.257 e. The molecule has 2 aromatic heterocycles. The zero-order valence-corrected chi connectivity index (χ0v) is 28.8. The van der Waals surface area contributed by atoms with Gasteiger partial charge in [0.1, 0.15) is 12.1 Å². The van der Waals surface area contributed by atoms with Crippen molar-refractivity contribution in [3.05, 3.63) is 192 Å². The predicted octanol–water partition coefficient (Wildman–Crippen LogP) is 10.1. The van der Waals surface area contributed by atoms with Gasteiger partial charge in [0.05, 0.1) is 33.6 Å². The molecule has 8 nitrogen and oxygen atoms in total. The lowest BCUT2D eigenvalue weighted by Gasteiger charge is -2.10. The fraction of sp³-hybridized carbons (Fsp3) is 0. The molecule has 0 aliphatic rings. The van der Waals surface area contributed by atoms with Crippen LogP contribution in [0.2, 0.25) is 5.02 Å². The molecule has 7 aromatic rings. The Morgan fingerprint density at radius 1 is 0.472 bits per heavy atom. The molecule has 5 aromatic carbocycles. The van der Waals surface area contributed by atoms with Crippen molar-refractivity contribution in [2.24, 2.45) is 0 Å². The van der Waals surface area contributed by atoms with Crippen LogP contribution in [-0.2, 0) is 0 Å². The third-order valence-electron chi connectivity index (χ3n) is 8.06. The van der Waals surface area contributed by atoms with Crippen LogP contribution >= 0.6 is 11.6 Å². The summed E-state index contributed by atoms with van der Waals surface area (Å²) < 4.78 is 0. The second-order valence-corrected chi connectivity index (χ2v) is 12.0. The van der Waals surface area contributed by atoms with Gasteiger partial charge < -0.3 is 10.6 Å². The molecule has 0 fully saturated rings. The van der Waals surface area contributed by atoms with Gasteiger partial charge in [-0.25, -0.2) is 0 Å². The van der Waals surface area contributed by atoms with E-state index in [2.05, 4.69) is 26.7 Å². The minimum Gasteiger partial charge on any atom is -0.321 e. The molecular weight excluding hydrogens is 680 g/mol. The van der Waals surface area contributed by atoms with E-state index in [0.29, 0.717) is 38.7 Å². The summed E-state index contributed by atoms with van der Waals surface area (Å²) in [5.41, 5.74) is 8.04. The summed E-state index contributed by atoms with van der Waals surface area (Å²) in [6, 6.07) is 47.1. The zero-order chi connectivity index (χ0) is 37.0. The average Bonchev–Trinajstić information content (AvgIpc) is 3.22. The quantitative estimate of drug-likeness (QED) is 0.169. The first-order valence-corrected chi connectivity index (χ1v) is 16.7. The molecule has 0 aliphatic heterocycles. The highest BCUT2D eigenvalue weighted by atomic mass is 35.5. The lowest BCUT2D eigenvalue weighted by molar-refractivity contribution is 0.101. The van der Waals surface area contributed by atoms with Crippen LogP contribution in [0.1, 0.15) is 31.8 Å². The lowest BCUT2D eigenvalue weighted by atomic mass is 10.0. The van der Waals surface area contributed by atoms with Gasteiger partial charge in [0.25, 0.3) is 11.8 Å². The van der Waals surface area contributed by atoms with Crippen LogP contribution in [0.4, 0.5) is 11.4 Å². The van der Waals surface area contributed by atoms with E-state index >= 15 is 0 Å². The van der Waals surface area contributed by atoms with Crippen LogP contribution in [0.25, 0.3) is 33.4 Å². The van der Waals surface area contributed by atoms with Crippen molar-refractivity contribution in [3.63, 3.8) is 0 Å². The first kappa shape index (κ1) is 35.4. The molecule has 0 bridgehead atoms. The third kappa shape index (κ3) is 9.05. The molecule has 9 heteroatoms. The van der Waals surface area contributed by atoms with E-state index < -0.39 is 0 Å². The number of aromatic nitrogens is 2. The Morgan fingerprint density at radius 3 is 1.34 bits per heavy atom. The summed E-state index contributed by atoms with van der Waals surface area (Å²) in [4.78, 5) is 33.7. The SMILES string of the molecule is N#Cc1ccc(-c2ccccc2)cc1NC(=O)c1cncc(-c2ccccc2)c1.N#Cc1ccc(Cl)cc1NC(=O)c1cncc(-c2ccccc2)c1. The smallest absolute Gasteiger partial charge is 0.257 e. The maximum absolute atomic E-state index is 12.9. The van der Waals surface area contributed by atoms with Gasteiger partial charge in [-0.1, -0.05) is 109 Å². The molecule has 7 rings (SSSR count). The molecular formula is C44H29ClN6O2. The number of amides is 2. The van der Waals surface area contributed by atoms with E-state index in [4.69, 9.17) is 16.9 Å². The third-order valence-corrected chi connectivity index (χ3v) is 8.30. The first-order chi connectivity index (χ1) is 25.9. The molecule has 0 spiro atoms. The number of hydrogen-bond donors (Lipinski definition) is 2. The Morgan fingerprint density at radius 2 is 0.887 bits per heavy atom. The lowest BCUT2D eigenvalue weighted by Crippen LogP contribution is -2.13. The van der Waals surface area contributed by atoms with Crippen LogP contribution in [0.5, 0.6) is 0 Å². The number of rotatable bonds is 7. The summed E-state index contributed by atoms with van der Waals surface area (Å²) in [5.74, 6) is -0.656. The predicted molar refractivity (Wildman–Crippen MR) is 208 cm³/mol. The fourth-order valence-corrected chi connectivity index (χ4v) is 5.54. The van der Waals surface area contributed by atoms with E-state index in [1.54, 1.807) is 48.8 Å². The van der Waals surface area contributed by atoms with Gasteiger partial charge in [0, 0.05) is 40.9 Å². The van der Waals surface area contributed by atoms with Gasteiger partial charge in [0.15, 0.2) is 0 Å². The number of carbonyl (C=O) groups excluding carboxylic acids is 2. The highest BCUT2D eigenvalue weighted by molar-refractivity contribution is 6.31. The largest absolute Gasteiger partial charge is 0.321 e. The van der Waals surface area contributed by atoms with Gasteiger partial charge in [0.2, 0.25) is 0 Å². The van der Waals surface area contributed by atoms with E-state index in [1.165, 1.54) is 12.4 Å². The highest BCUT2D eigenvalue weighted by Crippen LogP contribution is 2.27. The Balaban J connectivity index is 0.000000185. The van der Waals surface area contributed by atoms with Crippen molar-refractivity contribution < 1.29 is 9.59 Å². The second kappa shape index (κ2) is 17.0. The normalized spacial score (nSPS) is 10.1. The summed E-state index contributed by atoms with van der Waals surface area (Å²) >= 11 is 5.94. The molecule has 0 radical (unpaired) electrons. The number of nitrogens with zero attached hydrogens (tertiary/aromatic N) is 4. The number of pyridine rings is 2. The second-order valence-electron chi connectivity index (χ2n) is 11.6. The maximum atomic E-state index is 12.9. The molecule has 0 saturated heterocycles. The van der Waals surface area contributed by atoms with Gasteiger partial charge in [-0.15, -0.1) is 0 Å². The van der Waals surface area contributed by atoms with E-state index in [1.807, 2.05) is 109 Å². The van der Waals surface area contributed by atoms with E-state index in [-0.39, 0.29) is 11.8 Å². The Kier molecular flexibility index (Phi) is 11.4. The highest BCUT2D eigenvalue weighted by Gasteiger charge is 2.14. The van der Waals surface area contributed by atoms with Crippen molar-refractivity contribution in [3.8, 4) is 45.5 Å². The Hall–Kier alpha value is -7.39. The molecule has 0 atom stereocenters. The van der Waals surface area contributed by atoms with Gasteiger partial charge in [-0.3, -0.25) is 19.6 Å². The van der Waals surface area contributed by atoms with Crippen molar-refractivity contribution in [2.45, 2.75) is 0 Å². The summed E-state index contributed by atoms with van der Waals surface area (Å²) in [5, 5.41) is 24.6. The standard InChI is InChI=1S/C25H17N3O.C19H12ClN3O/c26-15-21-12-11-20(18-7-3-1-4-8-18)14-24(21)28-25(29)23-13-22(16-27-17-23)19-9-5-2-6-10-19;20-17-7-6-14(10-21)18(9-17)23-19(24)16-8-15(11-22-12-16)13-4-2-1-3-5-13/h1-14,16-17H,(H,28,29);1-9,11-12H,(H,23,24).